The molecule has 88 valence electrons. The van der Waals surface area contributed by atoms with Gasteiger partial charge in [-0.3, -0.25) is 0 Å². The van der Waals surface area contributed by atoms with Gasteiger partial charge in [0.2, 0.25) is 0 Å². The van der Waals surface area contributed by atoms with Gasteiger partial charge in [0.1, 0.15) is 5.82 Å². The van der Waals surface area contributed by atoms with Crippen LogP contribution >= 0.6 is 0 Å². The molecule has 0 aromatic carbocycles. The molecule has 0 atom stereocenters. The normalized spacial score (nSPS) is 10.1. The molecule has 3 N–H and O–H groups in total. The zero-order valence-corrected chi connectivity index (χ0v) is 9.92. The number of pyridine rings is 1. The van der Waals surface area contributed by atoms with Crippen LogP contribution in [0.2, 0.25) is 0 Å². The molecule has 0 aliphatic rings. The van der Waals surface area contributed by atoms with Crippen molar-refractivity contribution in [3.05, 3.63) is 30.0 Å². The van der Waals surface area contributed by atoms with Crippen LogP contribution in [0.15, 0.2) is 24.4 Å². The second-order valence-corrected chi connectivity index (χ2v) is 3.86. The third kappa shape index (κ3) is 4.31. The fourth-order valence-corrected chi connectivity index (χ4v) is 1.13. The van der Waals surface area contributed by atoms with Gasteiger partial charge in [0.15, 0.2) is 0 Å². The lowest BCUT2D eigenvalue weighted by molar-refractivity contribution is 0.167. The van der Waals surface area contributed by atoms with E-state index < -0.39 is 0 Å². The van der Waals surface area contributed by atoms with E-state index in [1.807, 2.05) is 19.9 Å². The van der Waals surface area contributed by atoms with Gasteiger partial charge in [-0.05, 0) is 19.4 Å². The molecule has 0 aliphatic heterocycles. The van der Waals surface area contributed by atoms with Gasteiger partial charge in [0.25, 0.3) is 0 Å². The molecule has 4 heteroatoms. The quantitative estimate of drug-likeness (QED) is 0.569. The average Bonchev–Trinajstić information content (AvgIpc) is 2.22. The number of nitrogens with one attached hydrogen (secondary N) is 1. The molecule has 1 aromatic rings. The maximum absolute atomic E-state index is 5.77. The van der Waals surface area contributed by atoms with Gasteiger partial charge in [0, 0.05) is 24.5 Å². The zero-order valence-electron chi connectivity index (χ0n) is 9.92. The number of aromatic nitrogens is 1. The average molecular weight is 221 g/mol. The molecular weight excluding hydrogens is 202 g/mol. The van der Waals surface area contributed by atoms with Gasteiger partial charge in [-0.25, -0.2) is 4.98 Å². The van der Waals surface area contributed by atoms with Crippen molar-refractivity contribution >= 4 is 11.5 Å². The summed E-state index contributed by atoms with van der Waals surface area (Å²) >= 11 is 0. The number of aryl methyl sites for hydroxylation is 1. The second-order valence-electron chi connectivity index (χ2n) is 3.86. The van der Waals surface area contributed by atoms with Crippen LogP contribution < -0.4 is 11.1 Å². The first-order valence-electron chi connectivity index (χ1n) is 5.27. The Labute approximate surface area is 96.5 Å². The molecule has 1 aromatic heterocycles. The van der Waals surface area contributed by atoms with E-state index in [-0.39, 0.29) is 0 Å². The predicted octanol–water partition coefficient (Wildman–Crippen LogP) is 1.98. The number of hydrogen-bond acceptors (Lipinski definition) is 4. The van der Waals surface area contributed by atoms with Crippen molar-refractivity contribution in [1.82, 2.24) is 4.98 Å². The van der Waals surface area contributed by atoms with Gasteiger partial charge >= 0.3 is 0 Å². The van der Waals surface area contributed by atoms with E-state index in [0.29, 0.717) is 19.8 Å². The topological polar surface area (TPSA) is 60.2 Å². The standard InChI is InChI=1S/C12H19N3O/c1-9(2)8-16-5-4-14-12-6-11(13)10(3)7-15-12/h6-7H,1,4-5,8H2,2-3H3,(H3,13,14,15). The molecule has 0 spiro atoms. The van der Waals surface area contributed by atoms with Gasteiger partial charge in [0.05, 0.1) is 13.2 Å². The van der Waals surface area contributed by atoms with E-state index in [2.05, 4.69) is 16.9 Å². The number of nitrogens with two attached hydrogens (primary N) is 1. The maximum atomic E-state index is 5.77. The van der Waals surface area contributed by atoms with E-state index in [1.54, 1.807) is 6.20 Å². The van der Waals surface area contributed by atoms with E-state index in [4.69, 9.17) is 10.5 Å². The Hall–Kier alpha value is -1.55. The van der Waals surface area contributed by atoms with Crippen LogP contribution in [0.4, 0.5) is 11.5 Å². The third-order valence-electron chi connectivity index (χ3n) is 2.05. The van der Waals surface area contributed by atoms with Crippen molar-refractivity contribution < 1.29 is 4.74 Å². The molecule has 4 nitrogen and oxygen atoms in total. The number of nitrogen functional groups attached to an aromatic ring is 1. The lowest BCUT2D eigenvalue weighted by Gasteiger charge is -2.08. The van der Waals surface area contributed by atoms with Gasteiger partial charge in [-0.15, -0.1) is 0 Å². The van der Waals surface area contributed by atoms with E-state index >= 15 is 0 Å². The van der Waals surface area contributed by atoms with Crippen LogP contribution in [0.25, 0.3) is 0 Å². The highest BCUT2D eigenvalue weighted by molar-refractivity contribution is 5.53. The summed E-state index contributed by atoms with van der Waals surface area (Å²) in [6.07, 6.45) is 1.76. The highest BCUT2D eigenvalue weighted by atomic mass is 16.5. The lowest BCUT2D eigenvalue weighted by atomic mass is 10.2. The van der Waals surface area contributed by atoms with Gasteiger partial charge in [-0.2, -0.15) is 0 Å². The Balaban J connectivity index is 2.27. The lowest BCUT2D eigenvalue weighted by Crippen LogP contribution is -2.11. The molecule has 0 unspecified atom stereocenters. The van der Waals surface area contributed by atoms with Crippen LogP contribution in [-0.2, 0) is 4.74 Å². The Kier molecular flexibility index (Phi) is 4.79. The summed E-state index contributed by atoms with van der Waals surface area (Å²) in [4.78, 5) is 4.21. The minimum absolute atomic E-state index is 0.602. The van der Waals surface area contributed by atoms with Crippen LogP contribution in [-0.4, -0.2) is 24.7 Å². The third-order valence-corrected chi connectivity index (χ3v) is 2.05. The highest BCUT2D eigenvalue weighted by Crippen LogP contribution is 2.12. The van der Waals surface area contributed by atoms with Crippen molar-refractivity contribution in [3.8, 4) is 0 Å². The van der Waals surface area contributed by atoms with Crippen LogP contribution in [0, 0.1) is 6.92 Å². The molecule has 0 saturated carbocycles. The van der Waals surface area contributed by atoms with Crippen LogP contribution in [0.1, 0.15) is 12.5 Å². The minimum Gasteiger partial charge on any atom is -0.398 e. The van der Waals surface area contributed by atoms with Crippen molar-refractivity contribution in [2.24, 2.45) is 0 Å². The molecule has 0 radical (unpaired) electrons. The first kappa shape index (κ1) is 12.5. The van der Waals surface area contributed by atoms with E-state index in [9.17, 15) is 0 Å². The molecule has 0 amide bonds. The van der Waals surface area contributed by atoms with Gasteiger partial charge in [-0.1, -0.05) is 12.2 Å². The molecule has 16 heavy (non-hydrogen) atoms. The summed E-state index contributed by atoms with van der Waals surface area (Å²) < 4.78 is 5.35. The zero-order chi connectivity index (χ0) is 12.0. The minimum atomic E-state index is 0.602. The van der Waals surface area contributed by atoms with Gasteiger partial charge < -0.3 is 15.8 Å². The Morgan fingerprint density at radius 3 is 3.00 bits per heavy atom. The van der Waals surface area contributed by atoms with Crippen molar-refractivity contribution in [3.63, 3.8) is 0 Å². The summed E-state index contributed by atoms with van der Waals surface area (Å²) in [5.41, 5.74) is 8.53. The molecule has 1 rings (SSSR count). The fraction of sp³-hybridized carbons (Fsp3) is 0.417. The molecule has 0 fully saturated rings. The van der Waals surface area contributed by atoms with Crippen LogP contribution in [0.5, 0.6) is 0 Å². The molecular formula is C12H19N3O. The predicted molar refractivity (Wildman–Crippen MR) is 67.5 cm³/mol. The fourth-order valence-electron chi connectivity index (χ4n) is 1.13. The summed E-state index contributed by atoms with van der Waals surface area (Å²) in [7, 11) is 0. The molecule has 1 heterocycles. The maximum Gasteiger partial charge on any atom is 0.128 e. The van der Waals surface area contributed by atoms with E-state index in [0.717, 1.165) is 22.6 Å². The SMILES string of the molecule is C=C(C)COCCNc1cc(N)c(C)cn1. The summed E-state index contributed by atoms with van der Waals surface area (Å²) in [6.45, 7) is 9.57. The number of rotatable bonds is 6. The Morgan fingerprint density at radius 1 is 1.62 bits per heavy atom. The summed E-state index contributed by atoms with van der Waals surface area (Å²) in [5, 5.41) is 3.14. The second kappa shape index (κ2) is 6.12. The molecule has 0 aliphatic carbocycles. The van der Waals surface area contributed by atoms with Crippen molar-refractivity contribution in [1.29, 1.82) is 0 Å². The van der Waals surface area contributed by atoms with Crippen molar-refractivity contribution in [2.75, 3.05) is 30.8 Å². The molecule has 0 bridgehead atoms. The first-order chi connectivity index (χ1) is 7.59. The Morgan fingerprint density at radius 2 is 2.38 bits per heavy atom. The number of ether oxygens (including phenoxy) is 1. The first-order valence-corrected chi connectivity index (χ1v) is 5.27. The Bertz CT molecular complexity index is 363. The molecule has 0 saturated heterocycles. The smallest absolute Gasteiger partial charge is 0.128 e. The summed E-state index contributed by atoms with van der Waals surface area (Å²) in [6, 6.07) is 1.83. The largest absolute Gasteiger partial charge is 0.398 e. The number of anilines is 2. The van der Waals surface area contributed by atoms with E-state index in [1.165, 1.54) is 0 Å². The summed E-state index contributed by atoms with van der Waals surface area (Å²) in [5.74, 6) is 0.780. The highest BCUT2D eigenvalue weighted by Gasteiger charge is 1.97. The van der Waals surface area contributed by atoms with Crippen LogP contribution in [0.3, 0.4) is 0 Å². The monoisotopic (exact) mass is 221 g/mol. The number of nitrogens with zero attached hydrogens (tertiary/aromatic N) is 1. The van der Waals surface area contributed by atoms with Crippen molar-refractivity contribution in [2.45, 2.75) is 13.8 Å². The number of hydrogen-bond donors (Lipinski definition) is 2.